The van der Waals surface area contributed by atoms with E-state index >= 15 is 8.78 Å². The first-order chi connectivity index (χ1) is 34.7. The normalized spacial score (nSPS) is 24.5. The summed E-state index contributed by atoms with van der Waals surface area (Å²) < 4.78 is 38.8. The van der Waals surface area contributed by atoms with Gasteiger partial charge in [0.25, 0.3) is 5.91 Å². The summed E-state index contributed by atoms with van der Waals surface area (Å²) >= 11 is 0. The molecule has 6 fully saturated rings. The van der Waals surface area contributed by atoms with Gasteiger partial charge in [-0.3, -0.25) is 29.6 Å². The lowest BCUT2D eigenvalue weighted by atomic mass is 9.70. The van der Waals surface area contributed by atoms with E-state index in [9.17, 15) is 24.6 Å². The van der Waals surface area contributed by atoms with Crippen molar-refractivity contribution < 1.29 is 38.1 Å². The molecule has 2 aromatic heterocycles. The van der Waals surface area contributed by atoms with Crippen molar-refractivity contribution in [1.82, 2.24) is 35.0 Å². The zero-order valence-electron chi connectivity index (χ0n) is 41.2. The van der Waals surface area contributed by atoms with Crippen molar-refractivity contribution in [2.24, 2.45) is 10.8 Å². The molecule has 1 spiro atoms. The van der Waals surface area contributed by atoms with Crippen LogP contribution in [0.5, 0.6) is 11.8 Å². The van der Waals surface area contributed by atoms with Crippen LogP contribution in [0.4, 0.5) is 20.3 Å². The Morgan fingerprint density at radius 1 is 0.875 bits per heavy atom. The maximum Gasteiger partial charge on any atom is 0.319 e. The number of aryl methyl sites for hydroxylation is 1. The number of aliphatic hydroxyl groups is 1. The standard InChI is InChI=1S/C55H63F2N9O6/c1-3-38-42(56)8-5-33-24-37(67)25-40(45(33)38)47-46(57)48-41(26-58-47)49(64-18-4-13-53(2,71)28-64)61-52(60-48)72-32-55(14-15-55)29-62-21-16-54(17-22-62)30-65(31-54)35-11-19-63(20-12-35)36-6-7-39-34(23-36)27-66(51(39)70)43-9-10-44(68)59-50(43)69/h5-8,23-26,35,43,67,71H,3-4,9-22,27-32H2,1-2H3,(H,59,68,69)/t43?,53-/m1/s1. The lowest BCUT2D eigenvalue weighted by Gasteiger charge is -2.57. The zero-order chi connectivity index (χ0) is 49.7. The SMILES string of the molecule is CCc1c(F)ccc2cc(O)cc(-c3ncc4c(N5CCC[C@@](C)(O)C5)nc(OCC5(CN6CCC7(CC6)CN(C6CCN(c8ccc9c(c8)CN(C8CCC(=O)NC8=O)C9=O)CC6)C7)CC5)nc4c3F)c12. The van der Waals surface area contributed by atoms with Crippen LogP contribution in [0.2, 0.25) is 0 Å². The number of imide groups is 1. The van der Waals surface area contributed by atoms with Gasteiger partial charge in [-0.1, -0.05) is 13.0 Å². The molecule has 1 saturated carbocycles. The fraction of sp³-hybridized carbons (Fsp3) is 0.527. The van der Waals surface area contributed by atoms with E-state index in [1.54, 1.807) is 24.0 Å². The number of likely N-dealkylation sites (tertiary alicyclic amines) is 2. The minimum Gasteiger partial charge on any atom is -0.508 e. The van der Waals surface area contributed by atoms with E-state index in [-0.39, 0.29) is 58.1 Å². The van der Waals surface area contributed by atoms with Crippen LogP contribution >= 0.6 is 0 Å². The van der Waals surface area contributed by atoms with Crippen molar-refractivity contribution in [2.75, 3.05) is 75.3 Å². The number of phenols is 1. The Morgan fingerprint density at radius 2 is 1.67 bits per heavy atom. The van der Waals surface area contributed by atoms with Gasteiger partial charge in [-0.05, 0) is 148 Å². The zero-order valence-corrected chi connectivity index (χ0v) is 41.2. The first-order valence-electron chi connectivity index (χ1n) is 26.1. The summed E-state index contributed by atoms with van der Waals surface area (Å²) in [6.45, 7) is 12.5. The highest BCUT2D eigenvalue weighted by Gasteiger charge is 2.50. The van der Waals surface area contributed by atoms with Gasteiger partial charge in [-0.15, -0.1) is 0 Å². The van der Waals surface area contributed by atoms with Crippen LogP contribution in [0.3, 0.4) is 0 Å². The predicted octanol–water partition coefficient (Wildman–Crippen LogP) is 6.73. The first-order valence-corrected chi connectivity index (χ1v) is 26.1. The lowest BCUT2D eigenvalue weighted by Crippen LogP contribution is -2.64. The Hall–Kier alpha value is -6.04. The average Bonchev–Trinajstić information content (AvgIpc) is 4.05. The van der Waals surface area contributed by atoms with Gasteiger partial charge >= 0.3 is 6.01 Å². The van der Waals surface area contributed by atoms with Crippen LogP contribution in [-0.4, -0.2) is 141 Å². The highest BCUT2D eigenvalue weighted by Crippen LogP contribution is 2.49. The molecule has 0 bridgehead atoms. The molecule has 3 aromatic carbocycles. The number of pyridine rings is 1. The van der Waals surface area contributed by atoms with Crippen molar-refractivity contribution in [3.8, 4) is 23.0 Å². The Balaban J connectivity index is 0.677. The van der Waals surface area contributed by atoms with Crippen LogP contribution < -0.4 is 19.9 Å². The molecule has 12 rings (SSSR count). The van der Waals surface area contributed by atoms with Crippen molar-refractivity contribution in [3.63, 3.8) is 0 Å². The number of aromatic hydroxyl groups is 1. The highest BCUT2D eigenvalue weighted by molar-refractivity contribution is 6.06. The maximum absolute atomic E-state index is 17.2. The summed E-state index contributed by atoms with van der Waals surface area (Å²) in [7, 11) is 0. The molecule has 3 N–H and O–H groups in total. The third kappa shape index (κ3) is 8.57. The number of carbonyl (C=O) groups excluding carboxylic acids is 3. The molecule has 6 aliphatic heterocycles. The fourth-order valence-corrected chi connectivity index (χ4v) is 13.0. The largest absolute Gasteiger partial charge is 0.508 e. The van der Waals surface area contributed by atoms with Gasteiger partial charge in [0.2, 0.25) is 11.8 Å². The molecular formula is C55H63F2N9O6. The quantitative estimate of drug-likeness (QED) is 0.119. The second-order valence-electron chi connectivity index (χ2n) is 22.4. The van der Waals surface area contributed by atoms with E-state index in [4.69, 9.17) is 14.7 Å². The molecule has 378 valence electrons. The van der Waals surface area contributed by atoms with Crippen molar-refractivity contribution in [1.29, 1.82) is 0 Å². The van der Waals surface area contributed by atoms with Gasteiger partial charge in [-0.2, -0.15) is 9.97 Å². The minimum absolute atomic E-state index is 0.0156. The molecule has 0 radical (unpaired) electrons. The number of ether oxygens (including phenoxy) is 1. The summed E-state index contributed by atoms with van der Waals surface area (Å²) in [5.74, 6) is -1.59. The number of benzene rings is 3. The van der Waals surface area contributed by atoms with Crippen molar-refractivity contribution in [3.05, 3.63) is 77.0 Å². The Morgan fingerprint density at radius 3 is 2.40 bits per heavy atom. The number of β-amino-alcohol motifs (C(OH)–C–C–N with tert-alkyl or cyclic N) is 1. The van der Waals surface area contributed by atoms with Gasteiger partial charge < -0.3 is 34.5 Å². The summed E-state index contributed by atoms with van der Waals surface area (Å²) in [5.41, 5.74) is 2.68. The van der Waals surface area contributed by atoms with E-state index in [1.807, 2.05) is 24.0 Å². The lowest BCUT2D eigenvalue weighted by molar-refractivity contribution is -0.136. The Bertz CT molecular complexity index is 3010. The number of phenolic OH excluding ortho intramolecular Hbond substituents is 1. The van der Waals surface area contributed by atoms with Crippen LogP contribution in [-0.2, 0) is 22.6 Å². The first kappa shape index (κ1) is 47.0. The molecular weight excluding hydrogens is 921 g/mol. The van der Waals surface area contributed by atoms with E-state index in [1.165, 1.54) is 18.3 Å². The number of hydrogen-bond donors (Lipinski definition) is 3. The van der Waals surface area contributed by atoms with E-state index in [2.05, 4.69) is 31.1 Å². The molecule has 17 heteroatoms. The second-order valence-corrected chi connectivity index (χ2v) is 22.4. The third-order valence-corrected chi connectivity index (χ3v) is 17.3. The highest BCUT2D eigenvalue weighted by atomic mass is 19.1. The number of carbonyl (C=O) groups is 3. The summed E-state index contributed by atoms with van der Waals surface area (Å²) in [5, 5.41) is 25.7. The monoisotopic (exact) mass is 983 g/mol. The number of nitrogens with zero attached hydrogens (tertiary/aromatic N) is 8. The van der Waals surface area contributed by atoms with Crippen molar-refractivity contribution >= 4 is 50.9 Å². The summed E-state index contributed by atoms with van der Waals surface area (Å²) in [4.78, 5) is 63.0. The number of nitrogens with one attached hydrogen (secondary N) is 1. The smallest absolute Gasteiger partial charge is 0.319 e. The van der Waals surface area contributed by atoms with Crippen LogP contribution in [0, 0.1) is 22.5 Å². The average molecular weight is 984 g/mol. The number of fused-ring (bicyclic) bond motifs is 3. The maximum atomic E-state index is 17.2. The van der Waals surface area contributed by atoms with Crippen LogP contribution in [0.1, 0.15) is 99.5 Å². The van der Waals surface area contributed by atoms with Gasteiger partial charge in [0, 0.05) is 93.2 Å². The second kappa shape index (κ2) is 17.9. The number of aromatic nitrogens is 3. The fourth-order valence-electron chi connectivity index (χ4n) is 13.0. The predicted molar refractivity (Wildman–Crippen MR) is 268 cm³/mol. The number of halogens is 2. The molecule has 72 heavy (non-hydrogen) atoms. The molecule has 3 amide bonds. The van der Waals surface area contributed by atoms with Gasteiger partial charge in [0.05, 0.1) is 17.6 Å². The third-order valence-electron chi connectivity index (χ3n) is 17.3. The van der Waals surface area contributed by atoms with E-state index in [0.29, 0.717) is 90.1 Å². The van der Waals surface area contributed by atoms with E-state index in [0.717, 1.165) is 102 Å². The van der Waals surface area contributed by atoms with Gasteiger partial charge in [-0.25, -0.2) is 8.78 Å². The number of hydrogen-bond acceptors (Lipinski definition) is 13. The van der Waals surface area contributed by atoms with Crippen LogP contribution in [0.25, 0.3) is 32.9 Å². The minimum atomic E-state index is -0.964. The number of amides is 3. The number of piperidine rings is 4. The van der Waals surface area contributed by atoms with Gasteiger partial charge in [0.1, 0.15) is 34.6 Å². The van der Waals surface area contributed by atoms with Crippen LogP contribution in [0.15, 0.2) is 48.7 Å². The summed E-state index contributed by atoms with van der Waals surface area (Å²) in [6, 6.07) is 12.0. The topological polar surface area (TPSA) is 168 Å². The summed E-state index contributed by atoms with van der Waals surface area (Å²) in [6.07, 6.45) is 10.4. The molecule has 8 heterocycles. The molecule has 7 aliphatic rings. The van der Waals surface area contributed by atoms with Gasteiger partial charge in [0.15, 0.2) is 5.82 Å². The molecule has 5 saturated heterocycles. The number of anilines is 2. The Labute approximate surface area is 417 Å². The molecule has 1 aliphatic carbocycles. The molecule has 15 nitrogen and oxygen atoms in total. The molecule has 1 unspecified atom stereocenters. The molecule has 2 atom stereocenters. The Kier molecular flexibility index (Phi) is 11.7. The van der Waals surface area contributed by atoms with Crippen molar-refractivity contribution in [2.45, 2.75) is 109 Å². The number of rotatable bonds is 11. The molecule has 5 aromatic rings. The van der Waals surface area contributed by atoms with E-state index < -0.39 is 23.3 Å².